The summed E-state index contributed by atoms with van der Waals surface area (Å²) in [6.45, 7) is 9.97. The SMILES string of the molecule is CC.CC(C(C)(C)C)C(F)(F)F. The van der Waals surface area contributed by atoms with Crippen LogP contribution < -0.4 is 0 Å². The average molecular weight is 184 g/mol. The second-order valence-electron chi connectivity index (χ2n) is 3.63. The molecule has 0 aromatic heterocycles. The van der Waals surface area contributed by atoms with Crippen molar-refractivity contribution in [2.24, 2.45) is 11.3 Å². The largest absolute Gasteiger partial charge is 0.392 e. The molecule has 0 aliphatic carbocycles. The Balaban J connectivity index is 0. The number of halogens is 3. The Morgan fingerprint density at radius 2 is 1.17 bits per heavy atom. The summed E-state index contributed by atoms with van der Waals surface area (Å²) in [5.41, 5.74) is -0.682. The molecule has 0 rings (SSSR count). The Labute approximate surface area is 73.2 Å². The van der Waals surface area contributed by atoms with Crippen LogP contribution in [-0.2, 0) is 0 Å². The maximum atomic E-state index is 11.9. The molecule has 12 heavy (non-hydrogen) atoms. The van der Waals surface area contributed by atoms with Gasteiger partial charge in [-0.15, -0.1) is 0 Å². The maximum Gasteiger partial charge on any atom is 0.392 e. The first-order valence-corrected chi connectivity index (χ1v) is 4.22. The second-order valence-corrected chi connectivity index (χ2v) is 3.63. The number of rotatable bonds is 0. The lowest BCUT2D eigenvalue weighted by molar-refractivity contribution is -0.194. The summed E-state index contributed by atoms with van der Waals surface area (Å²) in [7, 11) is 0. The van der Waals surface area contributed by atoms with Gasteiger partial charge in [-0.1, -0.05) is 41.5 Å². The van der Waals surface area contributed by atoms with Gasteiger partial charge in [-0.05, 0) is 5.41 Å². The van der Waals surface area contributed by atoms with Gasteiger partial charge in [0.1, 0.15) is 0 Å². The number of hydrogen-bond acceptors (Lipinski definition) is 0. The maximum absolute atomic E-state index is 11.9. The fraction of sp³-hybridized carbons (Fsp3) is 1.00. The fourth-order valence-electron chi connectivity index (χ4n) is 0.491. The zero-order valence-corrected chi connectivity index (χ0v) is 8.71. The Morgan fingerprint density at radius 1 is 0.917 bits per heavy atom. The van der Waals surface area contributed by atoms with E-state index in [-0.39, 0.29) is 0 Å². The zero-order valence-electron chi connectivity index (χ0n) is 8.71. The highest BCUT2D eigenvalue weighted by Gasteiger charge is 2.42. The van der Waals surface area contributed by atoms with Gasteiger partial charge in [0.15, 0.2) is 0 Å². The minimum atomic E-state index is -4.06. The topological polar surface area (TPSA) is 0 Å². The highest BCUT2D eigenvalue weighted by atomic mass is 19.4. The molecule has 0 heterocycles. The lowest BCUT2D eigenvalue weighted by Gasteiger charge is -2.28. The highest BCUT2D eigenvalue weighted by molar-refractivity contribution is 4.75. The molecule has 1 unspecified atom stereocenters. The summed E-state index contributed by atoms with van der Waals surface area (Å²) in [4.78, 5) is 0. The second kappa shape index (κ2) is 4.73. The van der Waals surface area contributed by atoms with E-state index >= 15 is 0 Å². The molecule has 0 nitrogen and oxygen atoms in total. The molecular weight excluding hydrogens is 165 g/mol. The van der Waals surface area contributed by atoms with Crippen molar-refractivity contribution in [3.05, 3.63) is 0 Å². The molecule has 0 fully saturated rings. The van der Waals surface area contributed by atoms with Crippen molar-refractivity contribution in [2.75, 3.05) is 0 Å². The van der Waals surface area contributed by atoms with Gasteiger partial charge in [0.05, 0.1) is 5.92 Å². The summed E-state index contributed by atoms with van der Waals surface area (Å²) in [6, 6.07) is 0. The minimum absolute atomic E-state index is 0.682. The molecule has 0 amide bonds. The zero-order chi connectivity index (χ0) is 10.6. The summed E-state index contributed by atoms with van der Waals surface area (Å²) in [5.74, 6) is -1.24. The monoisotopic (exact) mass is 184 g/mol. The molecule has 0 aromatic rings. The molecule has 0 radical (unpaired) electrons. The van der Waals surface area contributed by atoms with Gasteiger partial charge in [0.25, 0.3) is 0 Å². The van der Waals surface area contributed by atoms with E-state index in [0.29, 0.717) is 0 Å². The number of alkyl halides is 3. The molecule has 0 N–H and O–H groups in total. The standard InChI is InChI=1S/C7H13F3.C2H6/c1-5(6(2,3)4)7(8,9)10;1-2/h5H,1-4H3;1-2H3. The molecule has 3 heteroatoms. The van der Waals surface area contributed by atoms with Crippen LogP contribution in [0.15, 0.2) is 0 Å². The van der Waals surface area contributed by atoms with Crippen molar-refractivity contribution < 1.29 is 13.2 Å². The Hall–Kier alpha value is -0.210. The summed E-state index contributed by atoms with van der Waals surface area (Å²) >= 11 is 0. The molecule has 0 saturated carbocycles. The highest BCUT2D eigenvalue weighted by Crippen LogP contribution is 2.38. The van der Waals surface area contributed by atoms with Gasteiger partial charge < -0.3 is 0 Å². The van der Waals surface area contributed by atoms with Gasteiger partial charge in [0.2, 0.25) is 0 Å². The van der Waals surface area contributed by atoms with Crippen LogP contribution in [0.1, 0.15) is 41.5 Å². The van der Waals surface area contributed by atoms with Crippen molar-refractivity contribution >= 4 is 0 Å². The van der Waals surface area contributed by atoms with E-state index in [2.05, 4.69) is 0 Å². The van der Waals surface area contributed by atoms with E-state index in [9.17, 15) is 13.2 Å². The quantitative estimate of drug-likeness (QED) is 0.527. The summed E-state index contributed by atoms with van der Waals surface area (Å²) < 4.78 is 35.8. The first-order valence-electron chi connectivity index (χ1n) is 4.22. The molecule has 0 spiro atoms. The van der Waals surface area contributed by atoms with Crippen LogP contribution in [0.4, 0.5) is 13.2 Å². The van der Waals surface area contributed by atoms with Crippen LogP contribution >= 0.6 is 0 Å². The Bertz CT molecular complexity index is 93.9. The Kier molecular flexibility index (Phi) is 5.64. The molecule has 0 aromatic carbocycles. The fourth-order valence-corrected chi connectivity index (χ4v) is 0.491. The van der Waals surface area contributed by atoms with Crippen LogP contribution in [-0.4, -0.2) is 6.18 Å². The molecule has 0 aliphatic rings. The van der Waals surface area contributed by atoms with Crippen molar-refractivity contribution in [2.45, 2.75) is 47.7 Å². The van der Waals surface area contributed by atoms with Gasteiger partial charge in [-0.2, -0.15) is 13.2 Å². The number of hydrogen-bond donors (Lipinski definition) is 0. The van der Waals surface area contributed by atoms with Crippen LogP contribution in [0, 0.1) is 11.3 Å². The smallest absolute Gasteiger partial charge is 0.171 e. The third kappa shape index (κ3) is 5.44. The third-order valence-corrected chi connectivity index (χ3v) is 1.79. The van der Waals surface area contributed by atoms with Crippen LogP contribution in [0.5, 0.6) is 0 Å². The normalized spacial score (nSPS) is 14.8. The van der Waals surface area contributed by atoms with Gasteiger partial charge >= 0.3 is 6.18 Å². The van der Waals surface area contributed by atoms with Crippen molar-refractivity contribution in [3.63, 3.8) is 0 Å². The van der Waals surface area contributed by atoms with Gasteiger partial charge in [-0.25, -0.2) is 0 Å². The molecular formula is C9H19F3. The van der Waals surface area contributed by atoms with Crippen molar-refractivity contribution in [3.8, 4) is 0 Å². The minimum Gasteiger partial charge on any atom is -0.171 e. The summed E-state index contributed by atoms with van der Waals surface area (Å²) in [5, 5.41) is 0. The molecule has 76 valence electrons. The van der Waals surface area contributed by atoms with Crippen LogP contribution in [0.25, 0.3) is 0 Å². The van der Waals surface area contributed by atoms with Crippen LogP contribution in [0.2, 0.25) is 0 Å². The predicted octanol–water partition coefficient (Wildman–Crippen LogP) is 4.26. The van der Waals surface area contributed by atoms with E-state index < -0.39 is 17.5 Å². The van der Waals surface area contributed by atoms with Crippen molar-refractivity contribution in [1.82, 2.24) is 0 Å². The van der Waals surface area contributed by atoms with E-state index in [1.807, 2.05) is 13.8 Å². The lowest BCUT2D eigenvalue weighted by atomic mass is 9.82. The molecule has 0 bridgehead atoms. The van der Waals surface area contributed by atoms with E-state index in [4.69, 9.17) is 0 Å². The first kappa shape index (κ1) is 14.3. The summed E-state index contributed by atoms with van der Waals surface area (Å²) in [6.07, 6.45) is -4.06. The molecule has 0 aliphatic heterocycles. The van der Waals surface area contributed by atoms with Gasteiger partial charge in [0, 0.05) is 0 Å². The average Bonchev–Trinajstić information content (AvgIpc) is 1.87. The molecule has 0 saturated heterocycles. The molecule has 1 atom stereocenters. The first-order chi connectivity index (χ1) is 5.15. The lowest BCUT2D eigenvalue weighted by Crippen LogP contribution is -2.31. The Morgan fingerprint density at radius 3 is 1.17 bits per heavy atom. The van der Waals surface area contributed by atoms with Crippen LogP contribution in [0.3, 0.4) is 0 Å². The van der Waals surface area contributed by atoms with E-state index in [0.717, 1.165) is 0 Å². The predicted molar refractivity (Wildman–Crippen MR) is 46.0 cm³/mol. The third-order valence-electron chi connectivity index (χ3n) is 1.79. The van der Waals surface area contributed by atoms with Crippen molar-refractivity contribution in [1.29, 1.82) is 0 Å². The van der Waals surface area contributed by atoms with Gasteiger partial charge in [-0.3, -0.25) is 0 Å². The van der Waals surface area contributed by atoms with E-state index in [1.165, 1.54) is 6.92 Å². The van der Waals surface area contributed by atoms with E-state index in [1.54, 1.807) is 20.8 Å².